The van der Waals surface area contributed by atoms with E-state index in [2.05, 4.69) is 5.32 Å². The van der Waals surface area contributed by atoms with Crippen molar-refractivity contribution < 1.29 is 19.5 Å². The minimum atomic E-state index is -0.776. The van der Waals surface area contributed by atoms with E-state index in [1.807, 2.05) is 30.3 Å². The molecule has 2 aliphatic rings. The van der Waals surface area contributed by atoms with Crippen LogP contribution in [-0.4, -0.2) is 40.4 Å². The molecule has 2 N–H and O–H groups in total. The average molecular weight is 344 g/mol. The lowest BCUT2D eigenvalue weighted by molar-refractivity contribution is -0.144. The van der Waals surface area contributed by atoms with E-state index in [4.69, 9.17) is 5.11 Å². The molecule has 2 fully saturated rings. The smallest absolute Gasteiger partial charge is 0.306 e. The molecule has 0 spiro atoms. The molecule has 1 aromatic carbocycles. The van der Waals surface area contributed by atoms with Gasteiger partial charge in [-0.1, -0.05) is 30.3 Å². The second kappa shape index (κ2) is 7.68. The molecule has 6 heteroatoms. The van der Waals surface area contributed by atoms with Crippen molar-refractivity contribution in [3.63, 3.8) is 0 Å². The number of benzene rings is 1. The van der Waals surface area contributed by atoms with E-state index in [0.29, 0.717) is 45.2 Å². The molecule has 1 unspecified atom stereocenters. The largest absolute Gasteiger partial charge is 0.481 e. The van der Waals surface area contributed by atoms with E-state index in [1.165, 1.54) is 0 Å². The lowest BCUT2D eigenvalue weighted by atomic mass is 9.81. The average Bonchev–Trinajstić information content (AvgIpc) is 2.96. The van der Waals surface area contributed by atoms with Crippen molar-refractivity contribution >= 4 is 17.8 Å². The molecule has 0 radical (unpaired) electrons. The van der Waals surface area contributed by atoms with Crippen LogP contribution in [0.2, 0.25) is 0 Å². The lowest BCUT2D eigenvalue weighted by Crippen LogP contribution is -2.44. The Kier molecular flexibility index (Phi) is 5.36. The van der Waals surface area contributed by atoms with E-state index in [1.54, 1.807) is 4.90 Å². The van der Waals surface area contributed by atoms with Crippen LogP contribution in [0.5, 0.6) is 0 Å². The van der Waals surface area contributed by atoms with Gasteiger partial charge in [-0.15, -0.1) is 0 Å². The summed E-state index contributed by atoms with van der Waals surface area (Å²) in [5.41, 5.74) is 1.08. The molecule has 1 heterocycles. The monoisotopic (exact) mass is 344 g/mol. The first-order valence-electron chi connectivity index (χ1n) is 8.90. The van der Waals surface area contributed by atoms with Crippen LogP contribution in [0.4, 0.5) is 0 Å². The summed E-state index contributed by atoms with van der Waals surface area (Å²) in [6.07, 6.45) is 2.86. The van der Waals surface area contributed by atoms with Gasteiger partial charge in [0.05, 0.1) is 5.92 Å². The number of rotatable bonds is 5. The zero-order chi connectivity index (χ0) is 17.8. The van der Waals surface area contributed by atoms with Gasteiger partial charge in [0.2, 0.25) is 11.8 Å². The Labute approximate surface area is 147 Å². The SMILES string of the molecule is O=C(O)C1CCC(C(=O)NC2CCN(Cc3ccccc3)C2=O)CC1. The first-order chi connectivity index (χ1) is 12.0. The summed E-state index contributed by atoms with van der Waals surface area (Å²) in [7, 11) is 0. The van der Waals surface area contributed by atoms with Gasteiger partial charge in [-0.3, -0.25) is 14.4 Å². The highest BCUT2D eigenvalue weighted by Crippen LogP contribution is 2.29. The third-order valence-electron chi connectivity index (χ3n) is 5.28. The predicted molar refractivity (Wildman–Crippen MR) is 91.5 cm³/mol. The fourth-order valence-electron chi connectivity index (χ4n) is 3.73. The van der Waals surface area contributed by atoms with Crippen LogP contribution >= 0.6 is 0 Å². The van der Waals surface area contributed by atoms with Gasteiger partial charge in [-0.25, -0.2) is 0 Å². The van der Waals surface area contributed by atoms with Crippen molar-refractivity contribution in [3.8, 4) is 0 Å². The van der Waals surface area contributed by atoms with Crippen molar-refractivity contribution in [2.75, 3.05) is 6.54 Å². The van der Waals surface area contributed by atoms with Gasteiger partial charge < -0.3 is 15.3 Å². The molecule has 6 nitrogen and oxygen atoms in total. The maximum atomic E-state index is 12.5. The third-order valence-corrected chi connectivity index (χ3v) is 5.28. The standard InChI is InChI=1S/C19H24N2O4/c22-17(14-6-8-15(9-7-14)19(24)25)20-16-10-11-21(18(16)23)12-13-4-2-1-3-5-13/h1-5,14-16H,6-12H2,(H,20,22)(H,24,25). The van der Waals surface area contributed by atoms with E-state index in [9.17, 15) is 14.4 Å². The van der Waals surface area contributed by atoms with Gasteiger partial charge in [0.1, 0.15) is 6.04 Å². The quantitative estimate of drug-likeness (QED) is 0.853. The van der Waals surface area contributed by atoms with Gasteiger partial charge in [0, 0.05) is 19.0 Å². The molecule has 0 bridgehead atoms. The highest BCUT2D eigenvalue weighted by Gasteiger charge is 2.35. The number of nitrogens with one attached hydrogen (secondary N) is 1. The van der Waals surface area contributed by atoms with Gasteiger partial charge in [-0.05, 0) is 37.7 Å². The summed E-state index contributed by atoms with van der Waals surface area (Å²) in [6, 6.07) is 9.36. The highest BCUT2D eigenvalue weighted by molar-refractivity contribution is 5.90. The second-order valence-electron chi connectivity index (χ2n) is 6.98. The molecule has 134 valence electrons. The number of amides is 2. The molecule has 1 saturated carbocycles. The predicted octanol–water partition coefficient (Wildman–Crippen LogP) is 1.79. The first kappa shape index (κ1) is 17.5. The number of hydrogen-bond donors (Lipinski definition) is 2. The molecule has 1 atom stereocenters. The van der Waals surface area contributed by atoms with E-state index < -0.39 is 12.0 Å². The summed E-state index contributed by atoms with van der Waals surface area (Å²) < 4.78 is 0. The topological polar surface area (TPSA) is 86.7 Å². The number of carbonyl (C=O) groups excluding carboxylic acids is 2. The van der Waals surface area contributed by atoms with Crippen LogP contribution in [0.25, 0.3) is 0 Å². The third kappa shape index (κ3) is 4.18. The van der Waals surface area contributed by atoms with Crippen molar-refractivity contribution in [1.82, 2.24) is 10.2 Å². The number of carboxylic acids is 1. The lowest BCUT2D eigenvalue weighted by Gasteiger charge is -2.26. The van der Waals surface area contributed by atoms with Gasteiger partial charge in [0.15, 0.2) is 0 Å². The van der Waals surface area contributed by atoms with Crippen molar-refractivity contribution in [1.29, 1.82) is 0 Å². The fourth-order valence-corrected chi connectivity index (χ4v) is 3.73. The van der Waals surface area contributed by atoms with Crippen LogP contribution < -0.4 is 5.32 Å². The Morgan fingerprint density at radius 1 is 1.04 bits per heavy atom. The number of likely N-dealkylation sites (tertiary alicyclic amines) is 1. The fraction of sp³-hybridized carbons (Fsp3) is 0.526. The van der Waals surface area contributed by atoms with Crippen LogP contribution in [0.15, 0.2) is 30.3 Å². The molecule has 1 aliphatic heterocycles. The molecule has 0 aromatic heterocycles. The summed E-state index contributed by atoms with van der Waals surface area (Å²) in [5.74, 6) is -1.42. The Morgan fingerprint density at radius 3 is 2.32 bits per heavy atom. The highest BCUT2D eigenvalue weighted by atomic mass is 16.4. The van der Waals surface area contributed by atoms with Crippen molar-refractivity contribution in [2.45, 2.75) is 44.7 Å². The second-order valence-corrected chi connectivity index (χ2v) is 6.98. The van der Waals surface area contributed by atoms with E-state index in [0.717, 1.165) is 5.56 Å². The van der Waals surface area contributed by atoms with Gasteiger partial charge in [0.25, 0.3) is 0 Å². The van der Waals surface area contributed by atoms with Gasteiger partial charge >= 0.3 is 5.97 Å². The number of aliphatic carboxylic acids is 1. The molecular formula is C19H24N2O4. The van der Waals surface area contributed by atoms with Gasteiger partial charge in [-0.2, -0.15) is 0 Å². The number of carboxylic acid groups (broad SMARTS) is 1. The zero-order valence-electron chi connectivity index (χ0n) is 14.2. The minimum absolute atomic E-state index is 0.0311. The Bertz CT molecular complexity index is 638. The Morgan fingerprint density at radius 2 is 1.68 bits per heavy atom. The normalized spacial score (nSPS) is 26.5. The molecule has 1 aliphatic carbocycles. The van der Waals surface area contributed by atoms with Crippen LogP contribution in [-0.2, 0) is 20.9 Å². The Balaban J connectivity index is 1.49. The Hall–Kier alpha value is -2.37. The number of nitrogens with zero attached hydrogens (tertiary/aromatic N) is 1. The maximum absolute atomic E-state index is 12.5. The van der Waals surface area contributed by atoms with Crippen molar-refractivity contribution in [2.24, 2.45) is 11.8 Å². The summed E-state index contributed by atoms with van der Waals surface area (Å²) in [6.45, 7) is 1.21. The summed E-state index contributed by atoms with van der Waals surface area (Å²) in [5, 5.41) is 11.9. The van der Waals surface area contributed by atoms with Crippen molar-refractivity contribution in [3.05, 3.63) is 35.9 Å². The number of carbonyl (C=O) groups is 3. The number of hydrogen-bond acceptors (Lipinski definition) is 3. The minimum Gasteiger partial charge on any atom is -0.481 e. The maximum Gasteiger partial charge on any atom is 0.306 e. The zero-order valence-corrected chi connectivity index (χ0v) is 14.2. The molecular weight excluding hydrogens is 320 g/mol. The molecule has 2 amide bonds. The van der Waals surface area contributed by atoms with Crippen LogP contribution in [0.3, 0.4) is 0 Å². The molecule has 3 rings (SSSR count). The first-order valence-corrected chi connectivity index (χ1v) is 8.90. The molecule has 25 heavy (non-hydrogen) atoms. The molecule has 1 aromatic rings. The van der Waals surface area contributed by atoms with E-state index in [-0.39, 0.29) is 23.7 Å². The van der Waals surface area contributed by atoms with Crippen LogP contribution in [0, 0.1) is 11.8 Å². The van der Waals surface area contributed by atoms with Crippen LogP contribution in [0.1, 0.15) is 37.7 Å². The summed E-state index contributed by atoms with van der Waals surface area (Å²) >= 11 is 0. The van der Waals surface area contributed by atoms with E-state index >= 15 is 0 Å². The molecule has 1 saturated heterocycles. The summed E-state index contributed by atoms with van der Waals surface area (Å²) in [4.78, 5) is 37.7.